The molecule has 2 heterocycles. The molecule has 0 aromatic carbocycles. The Kier molecular flexibility index (Phi) is 5.90. The van der Waals surface area contributed by atoms with E-state index in [2.05, 4.69) is 18.2 Å². The van der Waals surface area contributed by atoms with Gasteiger partial charge >= 0.3 is 5.97 Å². The Balaban J connectivity index is 1.48. The van der Waals surface area contributed by atoms with Crippen LogP contribution in [0.15, 0.2) is 36.5 Å². The Morgan fingerprint density at radius 1 is 1.29 bits per heavy atom. The van der Waals surface area contributed by atoms with Crippen LogP contribution in [0.25, 0.3) is 0 Å². The van der Waals surface area contributed by atoms with Crippen molar-refractivity contribution in [3.63, 3.8) is 0 Å². The number of hydrogen-bond acceptors (Lipinski definition) is 4. The van der Waals surface area contributed by atoms with E-state index < -0.39 is 0 Å². The molecule has 1 saturated carbocycles. The third-order valence-electron chi connectivity index (χ3n) is 5.26. The van der Waals surface area contributed by atoms with Gasteiger partial charge in [0.05, 0.1) is 18.3 Å². The fourth-order valence-electron chi connectivity index (χ4n) is 3.84. The number of cyclic esters (lactones) is 1. The predicted molar refractivity (Wildman–Crippen MR) is 92.3 cm³/mol. The van der Waals surface area contributed by atoms with E-state index in [0.717, 1.165) is 32.1 Å². The molecule has 0 bridgehead atoms. The molecule has 1 aliphatic carbocycles. The summed E-state index contributed by atoms with van der Waals surface area (Å²) in [6, 6.07) is 0. The van der Waals surface area contributed by atoms with Crippen molar-refractivity contribution in [1.29, 1.82) is 0 Å². The smallest absolute Gasteiger partial charge is 0.306 e. The molecule has 132 valence electrons. The molecule has 4 heteroatoms. The summed E-state index contributed by atoms with van der Waals surface area (Å²) >= 11 is 0. The lowest BCUT2D eigenvalue weighted by Crippen LogP contribution is -2.34. The van der Waals surface area contributed by atoms with Crippen molar-refractivity contribution in [2.45, 2.75) is 69.9 Å². The van der Waals surface area contributed by atoms with E-state index in [0.29, 0.717) is 30.5 Å². The molecule has 3 aliphatic rings. The van der Waals surface area contributed by atoms with Crippen molar-refractivity contribution >= 4 is 5.97 Å². The van der Waals surface area contributed by atoms with Gasteiger partial charge in [-0.15, -0.1) is 0 Å². The summed E-state index contributed by atoms with van der Waals surface area (Å²) in [6.45, 7) is 1.95. The van der Waals surface area contributed by atoms with Gasteiger partial charge in [0.1, 0.15) is 6.10 Å². The molecule has 0 aromatic rings. The lowest BCUT2D eigenvalue weighted by Gasteiger charge is -2.31. The zero-order chi connectivity index (χ0) is 16.9. The van der Waals surface area contributed by atoms with E-state index in [4.69, 9.17) is 9.47 Å². The predicted octanol–water partition coefficient (Wildman–Crippen LogP) is 3.32. The van der Waals surface area contributed by atoms with Crippen LogP contribution in [0.2, 0.25) is 0 Å². The second kappa shape index (κ2) is 8.13. The molecule has 2 saturated heterocycles. The maximum atomic E-state index is 11.6. The average Bonchev–Trinajstić information content (AvgIpc) is 3.27. The number of ether oxygens (including phenoxy) is 2. The first-order valence-electron chi connectivity index (χ1n) is 9.22. The van der Waals surface area contributed by atoms with Gasteiger partial charge in [-0.05, 0) is 32.1 Å². The van der Waals surface area contributed by atoms with Crippen LogP contribution in [0.5, 0.6) is 0 Å². The highest BCUT2D eigenvalue weighted by Gasteiger charge is 2.57. The molecule has 3 fully saturated rings. The molecule has 0 unspecified atom stereocenters. The molecule has 1 N–H and O–H groups in total. The molecule has 0 radical (unpaired) electrons. The Labute approximate surface area is 144 Å². The highest BCUT2D eigenvalue weighted by atomic mass is 16.6. The van der Waals surface area contributed by atoms with Gasteiger partial charge in [-0.1, -0.05) is 43.4 Å². The summed E-state index contributed by atoms with van der Waals surface area (Å²) in [7, 11) is 0. The summed E-state index contributed by atoms with van der Waals surface area (Å²) in [5, 5.41) is 9.43. The normalized spacial score (nSPS) is 37.2. The molecule has 6 atom stereocenters. The van der Waals surface area contributed by atoms with Crippen LogP contribution >= 0.6 is 0 Å². The Bertz CT molecular complexity index is 522. The van der Waals surface area contributed by atoms with Crippen molar-refractivity contribution in [2.75, 3.05) is 0 Å². The number of epoxide rings is 1. The monoisotopic (exact) mass is 332 g/mol. The van der Waals surface area contributed by atoms with Gasteiger partial charge in [0.15, 0.2) is 0 Å². The number of esters is 1. The third-order valence-corrected chi connectivity index (χ3v) is 5.26. The number of rotatable bonds is 7. The van der Waals surface area contributed by atoms with E-state index in [-0.39, 0.29) is 18.2 Å². The Hall–Kier alpha value is -1.39. The minimum absolute atomic E-state index is 0.0422. The third kappa shape index (κ3) is 4.37. The molecule has 3 rings (SSSR count). The molecular weight excluding hydrogens is 304 g/mol. The molecule has 2 aliphatic heterocycles. The number of aliphatic hydroxyl groups excluding tert-OH is 1. The van der Waals surface area contributed by atoms with Crippen LogP contribution in [-0.4, -0.2) is 35.5 Å². The van der Waals surface area contributed by atoms with Crippen LogP contribution in [-0.2, 0) is 14.3 Å². The average molecular weight is 332 g/mol. The van der Waals surface area contributed by atoms with E-state index >= 15 is 0 Å². The maximum absolute atomic E-state index is 11.6. The Morgan fingerprint density at radius 2 is 2.17 bits per heavy atom. The summed E-state index contributed by atoms with van der Waals surface area (Å²) in [5.41, 5.74) is 0. The Morgan fingerprint density at radius 3 is 2.96 bits per heavy atom. The quantitative estimate of drug-likeness (QED) is 0.336. The van der Waals surface area contributed by atoms with Gasteiger partial charge in [0, 0.05) is 18.3 Å². The number of fused-ring (bicyclic) bond motifs is 1. The molecule has 24 heavy (non-hydrogen) atoms. The van der Waals surface area contributed by atoms with E-state index in [9.17, 15) is 9.90 Å². The number of hydrogen-bond donors (Lipinski definition) is 1. The van der Waals surface area contributed by atoms with Crippen molar-refractivity contribution in [3.8, 4) is 0 Å². The molecule has 0 spiro atoms. The minimum Gasteiger partial charge on any atom is -0.462 e. The van der Waals surface area contributed by atoms with Crippen LogP contribution in [0.3, 0.4) is 0 Å². The van der Waals surface area contributed by atoms with Gasteiger partial charge in [0.2, 0.25) is 0 Å². The van der Waals surface area contributed by atoms with Crippen LogP contribution in [0.1, 0.15) is 45.4 Å². The van der Waals surface area contributed by atoms with Gasteiger partial charge in [0.25, 0.3) is 0 Å². The molecular formula is C20H28O4. The van der Waals surface area contributed by atoms with Gasteiger partial charge in [-0.25, -0.2) is 0 Å². The highest BCUT2D eigenvalue weighted by Crippen LogP contribution is 2.50. The second-order valence-corrected chi connectivity index (χ2v) is 6.99. The number of aliphatic hydroxyl groups is 1. The maximum Gasteiger partial charge on any atom is 0.306 e. The van der Waals surface area contributed by atoms with E-state index in [1.165, 1.54) is 0 Å². The van der Waals surface area contributed by atoms with Crippen LogP contribution in [0, 0.1) is 11.8 Å². The number of carbonyl (C=O) groups is 1. The fraction of sp³-hybridized carbons (Fsp3) is 0.650. The van der Waals surface area contributed by atoms with Crippen molar-refractivity contribution in [2.24, 2.45) is 11.8 Å². The van der Waals surface area contributed by atoms with Gasteiger partial charge < -0.3 is 14.6 Å². The lowest BCUT2D eigenvalue weighted by atomic mass is 9.85. The van der Waals surface area contributed by atoms with Crippen molar-refractivity contribution in [1.82, 2.24) is 0 Å². The molecule has 0 aromatic heterocycles. The summed E-state index contributed by atoms with van der Waals surface area (Å²) < 4.78 is 11.3. The van der Waals surface area contributed by atoms with Crippen molar-refractivity contribution in [3.05, 3.63) is 36.5 Å². The van der Waals surface area contributed by atoms with Gasteiger partial charge in [-0.2, -0.15) is 0 Å². The van der Waals surface area contributed by atoms with Crippen LogP contribution in [0.4, 0.5) is 0 Å². The number of carbonyl (C=O) groups excluding carboxylic acids is 1. The number of allylic oxidation sites excluding steroid dienone is 4. The summed E-state index contributed by atoms with van der Waals surface area (Å²) in [5.74, 6) is 0.744. The summed E-state index contributed by atoms with van der Waals surface area (Å²) in [4.78, 5) is 11.6. The molecule has 0 amide bonds. The zero-order valence-corrected chi connectivity index (χ0v) is 14.3. The second-order valence-electron chi connectivity index (χ2n) is 6.99. The SMILES string of the molecule is CC[C@H](O)/C=C/C=C\C/C=C/[C@H]1[C@H]([C@H]2CCCC(=O)O2)C[C@@H]2O[C@H]12. The first kappa shape index (κ1) is 17.4. The molecule has 4 nitrogen and oxygen atoms in total. The van der Waals surface area contributed by atoms with Crippen molar-refractivity contribution < 1.29 is 19.4 Å². The van der Waals surface area contributed by atoms with E-state index in [1.807, 2.05) is 19.1 Å². The first-order valence-corrected chi connectivity index (χ1v) is 9.22. The topological polar surface area (TPSA) is 59.1 Å². The standard InChI is InChI=1S/C20H28O4/c1-2-14(21)9-6-4-3-5-7-10-15-16(13-18-20(15)24-18)17-11-8-12-19(22)23-17/h3-4,6-7,9-10,14-18,20-21H,2,5,8,11-13H2,1H3/b4-3-,9-6+,10-7+/t14-,15-,16+,17+,18-,20+/m0/s1. The lowest BCUT2D eigenvalue weighted by molar-refractivity contribution is -0.158. The van der Waals surface area contributed by atoms with Crippen LogP contribution < -0.4 is 0 Å². The zero-order valence-electron chi connectivity index (χ0n) is 14.3. The van der Waals surface area contributed by atoms with E-state index in [1.54, 1.807) is 6.08 Å². The first-order chi connectivity index (χ1) is 11.7. The summed E-state index contributed by atoms with van der Waals surface area (Å²) in [6.07, 6.45) is 17.7. The van der Waals surface area contributed by atoms with Gasteiger partial charge in [-0.3, -0.25) is 4.79 Å². The fourth-order valence-corrected chi connectivity index (χ4v) is 3.84. The minimum atomic E-state index is -0.355. The highest BCUT2D eigenvalue weighted by molar-refractivity contribution is 5.70. The largest absolute Gasteiger partial charge is 0.462 e.